The summed E-state index contributed by atoms with van der Waals surface area (Å²) in [4.78, 5) is 2.42. The SMILES string of the molecule is NC1CC(Cc2ccccc2)CN(c2ccc(Br)cc2)C1. The van der Waals surface area contributed by atoms with Gasteiger partial charge < -0.3 is 10.6 Å². The van der Waals surface area contributed by atoms with Crippen LogP contribution in [-0.4, -0.2) is 19.1 Å². The Hall–Kier alpha value is -1.32. The molecule has 1 aliphatic rings. The number of halogens is 1. The van der Waals surface area contributed by atoms with Crippen LogP contribution in [-0.2, 0) is 6.42 Å². The minimum atomic E-state index is 0.260. The van der Waals surface area contributed by atoms with Crippen molar-refractivity contribution in [3.05, 3.63) is 64.6 Å². The second kappa shape index (κ2) is 6.63. The number of anilines is 1. The van der Waals surface area contributed by atoms with E-state index in [4.69, 9.17) is 5.73 Å². The number of rotatable bonds is 3. The number of hydrogen-bond donors (Lipinski definition) is 1. The van der Waals surface area contributed by atoms with Crippen molar-refractivity contribution in [3.8, 4) is 0 Å². The quantitative estimate of drug-likeness (QED) is 0.916. The van der Waals surface area contributed by atoms with Crippen molar-refractivity contribution < 1.29 is 0 Å². The minimum Gasteiger partial charge on any atom is -0.370 e. The first-order valence-electron chi connectivity index (χ1n) is 7.51. The summed E-state index contributed by atoms with van der Waals surface area (Å²) in [6, 6.07) is 19.5. The normalized spacial score (nSPS) is 22.3. The summed E-state index contributed by atoms with van der Waals surface area (Å²) >= 11 is 3.49. The zero-order valence-electron chi connectivity index (χ0n) is 12.1. The van der Waals surface area contributed by atoms with E-state index < -0.39 is 0 Å². The first-order chi connectivity index (χ1) is 10.2. The van der Waals surface area contributed by atoms with Gasteiger partial charge in [-0.3, -0.25) is 0 Å². The van der Waals surface area contributed by atoms with Gasteiger partial charge in [-0.15, -0.1) is 0 Å². The molecule has 1 heterocycles. The van der Waals surface area contributed by atoms with Crippen LogP contribution in [0, 0.1) is 5.92 Å². The number of nitrogens with two attached hydrogens (primary N) is 1. The maximum atomic E-state index is 6.29. The lowest BCUT2D eigenvalue weighted by Crippen LogP contribution is -2.47. The molecule has 2 aromatic rings. The molecule has 2 nitrogen and oxygen atoms in total. The molecule has 0 spiro atoms. The van der Waals surface area contributed by atoms with E-state index in [2.05, 4.69) is 75.4 Å². The van der Waals surface area contributed by atoms with Crippen LogP contribution in [0.2, 0.25) is 0 Å². The topological polar surface area (TPSA) is 29.3 Å². The Kier molecular flexibility index (Phi) is 4.61. The molecule has 0 saturated carbocycles. The summed E-state index contributed by atoms with van der Waals surface area (Å²) in [6.07, 6.45) is 2.23. The minimum absolute atomic E-state index is 0.260. The number of nitrogens with zero attached hydrogens (tertiary/aromatic N) is 1. The van der Waals surface area contributed by atoms with Gasteiger partial charge in [0.25, 0.3) is 0 Å². The summed E-state index contributed by atoms with van der Waals surface area (Å²) in [5.41, 5.74) is 8.96. The predicted molar refractivity (Wildman–Crippen MR) is 92.6 cm³/mol. The lowest BCUT2D eigenvalue weighted by molar-refractivity contribution is 0.374. The van der Waals surface area contributed by atoms with Crippen molar-refractivity contribution in [1.82, 2.24) is 0 Å². The van der Waals surface area contributed by atoms with E-state index in [-0.39, 0.29) is 6.04 Å². The Morgan fingerprint density at radius 2 is 1.71 bits per heavy atom. The molecule has 3 rings (SSSR count). The summed E-state index contributed by atoms with van der Waals surface area (Å²) in [5.74, 6) is 0.625. The van der Waals surface area contributed by atoms with Crippen molar-refractivity contribution in [3.63, 3.8) is 0 Å². The van der Waals surface area contributed by atoms with Gasteiger partial charge in [0.15, 0.2) is 0 Å². The van der Waals surface area contributed by atoms with Crippen molar-refractivity contribution in [2.24, 2.45) is 11.7 Å². The molecular weight excluding hydrogens is 324 g/mol. The fraction of sp³-hybridized carbons (Fsp3) is 0.333. The summed E-state index contributed by atoms with van der Waals surface area (Å²) in [7, 11) is 0. The molecule has 3 heteroatoms. The van der Waals surface area contributed by atoms with Crippen molar-refractivity contribution in [2.75, 3.05) is 18.0 Å². The molecule has 0 amide bonds. The molecule has 2 aromatic carbocycles. The highest BCUT2D eigenvalue weighted by Gasteiger charge is 2.25. The van der Waals surface area contributed by atoms with Crippen molar-refractivity contribution in [2.45, 2.75) is 18.9 Å². The van der Waals surface area contributed by atoms with E-state index in [1.54, 1.807) is 0 Å². The van der Waals surface area contributed by atoms with E-state index in [9.17, 15) is 0 Å². The highest BCUT2D eigenvalue weighted by molar-refractivity contribution is 9.10. The molecule has 110 valence electrons. The largest absolute Gasteiger partial charge is 0.370 e. The molecule has 0 bridgehead atoms. The van der Waals surface area contributed by atoms with Gasteiger partial charge in [-0.05, 0) is 48.6 Å². The third kappa shape index (κ3) is 3.86. The van der Waals surface area contributed by atoms with E-state index in [0.717, 1.165) is 30.4 Å². The average Bonchev–Trinajstić information content (AvgIpc) is 2.48. The molecule has 1 saturated heterocycles. The van der Waals surface area contributed by atoms with Crippen LogP contribution in [0.5, 0.6) is 0 Å². The second-order valence-electron chi connectivity index (χ2n) is 5.93. The van der Waals surface area contributed by atoms with Gasteiger partial charge in [0, 0.05) is 29.3 Å². The molecule has 0 aromatic heterocycles. The maximum Gasteiger partial charge on any atom is 0.0367 e. The van der Waals surface area contributed by atoms with Crippen LogP contribution >= 0.6 is 15.9 Å². The Bertz CT molecular complexity index is 568. The number of benzene rings is 2. The average molecular weight is 345 g/mol. The molecule has 21 heavy (non-hydrogen) atoms. The Labute approximate surface area is 135 Å². The van der Waals surface area contributed by atoms with Gasteiger partial charge in [0.05, 0.1) is 0 Å². The third-order valence-electron chi connectivity index (χ3n) is 4.13. The molecule has 0 radical (unpaired) electrons. The fourth-order valence-corrected chi connectivity index (χ4v) is 3.47. The molecule has 1 fully saturated rings. The van der Waals surface area contributed by atoms with Crippen molar-refractivity contribution >= 4 is 21.6 Å². The fourth-order valence-electron chi connectivity index (χ4n) is 3.20. The van der Waals surface area contributed by atoms with Crippen LogP contribution < -0.4 is 10.6 Å². The first kappa shape index (κ1) is 14.6. The van der Waals surface area contributed by atoms with Crippen LogP contribution in [0.4, 0.5) is 5.69 Å². The third-order valence-corrected chi connectivity index (χ3v) is 4.66. The van der Waals surface area contributed by atoms with E-state index >= 15 is 0 Å². The molecule has 2 N–H and O–H groups in total. The van der Waals surface area contributed by atoms with Gasteiger partial charge in [0.2, 0.25) is 0 Å². The lowest BCUT2D eigenvalue weighted by Gasteiger charge is -2.38. The van der Waals surface area contributed by atoms with Gasteiger partial charge in [-0.25, -0.2) is 0 Å². The van der Waals surface area contributed by atoms with Crippen LogP contribution in [0.15, 0.2) is 59.1 Å². The highest BCUT2D eigenvalue weighted by atomic mass is 79.9. The molecule has 1 aliphatic heterocycles. The Morgan fingerprint density at radius 1 is 1.00 bits per heavy atom. The zero-order chi connectivity index (χ0) is 14.7. The Morgan fingerprint density at radius 3 is 2.43 bits per heavy atom. The number of hydrogen-bond acceptors (Lipinski definition) is 2. The molecule has 2 unspecified atom stereocenters. The second-order valence-corrected chi connectivity index (χ2v) is 6.85. The molecule has 0 aliphatic carbocycles. The zero-order valence-corrected chi connectivity index (χ0v) is 13.7. The van der Waals surface area contributed by atoms with Gasteiger partial charge in [-0.2, -0.15) is 0 Å². The van der Waals surface area contributed by atoms with E-state index in [1.807, 2.05) is 0 Å². The first-order valence-corrected chi connectivity index (χ1v) is 8.30. The smallest absolute Gasteiger partial charge is 0.0367 e. The van der Waals surface area contributed by atoms with E-state index in [1.165, 1.54) is 11.3 Å². The van der Waals surface area contributed by atoms with Gasteiger partial charge in [-0.1, -0.05) is 46.3 Å². The standard InChI is InChI=1S/C18H21BrN2/c19-16-6-8-18(9-7-16)21-12-15(11-17(20)13-21)10-14-4-2-1-3-5-14/h1-9,15,17H,10-13,20H2. The van der Waals surface area contributed by atoms with Crippen LogP contribution in [0.3, 0.4) is 0 Å². The summed E-state index contributed by atoms with van der Waals surface area (Å²) in [5, 5.41) is 0. The van der Waals surface area contributed by atoms with Gasteiger partial charge >= 0.3 is 0 Å². The summed E-state index contributed by atoms with van der Waals surface area (Å²) < 4.78 is 1.12. The predicted octanol–water partition coefficient (Wildman–Crippen LogP) is 3.85. The Balaban J connectivity index is 1.71. The monoisotopic (exact) mass is 344 g/mol. The van der Waals surface area contributed by atoms with Gasteiger partial charge in [0.1, 0.15) is 0 Å². The maximum absolute atomic E-state index is 6.29. The molecule has 2 atom stereocenters. The molecular formula is C18H21BrN2. The van der Waals surface area contributed by atoms with E-state index in [0.29, 0.717) is 5.92 Å². The lowest BCUT2D eigenvalue weighted by atomic mass is 9.89. The van der Waals surface area contributed by atoms with Crippen LogP contribution in [0.25, 0.3) is 0 Å². The number of piperidine rings is 1. The highest BCUT2D eigenvalue weighted by Crippen LogP contribution is 2.26. The summed E-state index contributed by atoms with van der Waals surface area (Å²) in [6.45, 7) is 2.04. The van der Waals surface area contributed by atoms with Crippen LogP contribution in [0.1, 0.15) is 12.0 Å². The van der Waals surface area contributed by atoms with Crippen molar-refractivity contribution in [1.29, 1.82) is 0 Å².